The van der Waals surface area contributed by atoms with E-state index in [4.69, 9.17) is 9.15 Å². The van der Waals surface area contributed by atoms with Crippen molar-refractivity contribution in [2.24, 2.45) is 0 Å². The third-order valence-electron chi connectivity index (χ3n) is 5.50. The maximum Gasteiger partial charge on any atom is 0.233 e. The zero-order valence-corrected chi connectivity index (χ0v) is 20.6. The summed E-state index contributed by atoms with van der Waals surface area (Å²) < 4.78 is 12.7. The number of hydrogen-bond donors (Lipinski definition) is 0. The van der Waals surface area contributed by atoms with Gasteiger partial charge in [-0.2, -0.15) is 0 Å². The summed E-state index contributed by atoms with van der Waals surface area (Å²) in [5, 5.41) is 9.65. The first kappa shape index (κ1) is 23.6. The lowest BCUT2D eigenvalue weighted by molar-refractivity contribution is -0.127. The number of hydrogen-bond acceptors (Lipinski definition) is 6. The monoisotopic (exact) mass is 476 g/mol. The van der Waals surface area contributed by atoms with Gasteiger partial charge in [-0.05, 0) is 53.9 Å². The lowest BCUT2D eigenvalue weighted by atomic mass is 10.0. The number of rotatable bonds is 9. The summed E-state index contributed by atoms with van der Waals surface area (Å²) in [7, 11) is 3.41. The van der Waals surface area contributed by atoms with Crippen LogP contribution in [0.4, 0.5) is 0 Å². The number of benzene rings is 2. The third kappa shape index (κ3) is 5.17. The van der Waals surface area contributed by atoms with Crippen LogP contribution in [-0.2, 0) is 11.3 Å². The highest BCUT2D eigenvalue weighted by Gasteiger charge is 2.21. The Balaban J connectivity index is 1.66. The molecule has 176 valence electrons. The van der Waals surface area contributed by atoms with E-state index >= 15 is 0 Å². The standard InChI is InChI=1S/C26H28N4O3S/c1-18(2)22-9-5-6-10-23(22)30-25(19-11-13-20(32-4)14-12-19)27-28-26(30)34-17-24(31)29(3)16-21-8-7-15-33-21/h5-15,18H,16-17H2,1-4H3. The van der Waals surface area contributed by atoms with Gasteiger partial charge in [0, 0.05) is 12.6 Å². The summed E-state index contributed by atoms with van der Waals surface area (Å²) >= 11 is 1.38. The highest BCUT2D eigenvalue weighted by molar-refractivity contribution is 7.99. The molecule has 0 spiro atoms. The molecule has 0 fully saturated rings. The van der Waals surface area contributed by atoms with E-state index < -0.39 is 0 Å². The molecular weight excluding hydrogens is 448 g/mol. The second-order valence-electron chi connectivity index (χ2n) is 8.20. The molecule has 2 heterocycles. The summed E-state index contributed by atoms with van der Waals surface area (Å²) in [6.45, 7) is 4.75. The van der Waals surface area contributed by atoms with Crippen LogP contribution in [-0.4, -0.2) is 45.5 Å². The molecule has 0 aliphatic heterocycles. The second kappa shape index (κ2) is 10.6. The molecule has 2 aromatic heterocycles. The van der Waals surface area contributed by atoms with Gasteiger partial charge < -0.3 is 14.1 Å². The van der Waals surface area contributed by atoms with E-state index in [1.54, 1.807) is 25.3 Å². The molecule has 0 radical (unpaired) electrons. The Morgan fingerprint density at radius 1 is 1.09 bits per heavy atom. The van der Waals surface area contributed by atoms with Gasteiger partial charge >= 0.3 is 0 Å². The van der Waals surface area contributed by atoms with Crippen molar-refractivity contribution in [3.63, 3.8) is 0 Å². The Morgan fingerprint density at radius 2 is 1.85 bits per heavy atom. The Morgan fingerprint density at radius 3 is 2.53 bits per heavy atom. The molecule has 34 heavy (non-hydrogen) atoms. The van der Waals surface area contributed by atoms with Crippen LogP contribution in [0.1, 0.15) is 31.1 Å². The molecule has 0 bridgehead atoms. The van der Waals surface area contributed by atoms with E-state index in [2.05, 4.69) is 36.2 Å². The topological polar surface area (TPSA) is 73.4 Å². The highest BCUT2D eigenvalue weighted by Crippen LogP contribution is 2.32. The molecule has 0 N–H and O–H groups in total. The van der Waals surface area contributed by atoms with Gasteiger partial charge in [0.2, 0.25) is 5.91 Å². The van der Waals surface area contributed by atoms with Crippen LogP contribution in [0.3, 0.4) is 0 Å². The molecule has 0 saturated carbocycles. The number of para-hydroxylation sites is 1. The minimum absolute atomic E-state index is 0.0147. The van der Waals surface area contributed by atoms with Crippen LogP contribution in [0.25, 0.3) is 17.1 Å². The Hall–Kier alpha value is -3.52. The molecule has 7 nitrogen and oxygen atoms in total. The highest BCUT2D eigenvalue weighted by atomic mass is 32.2. The molecule has 1 amide bonds. The fourth-order valence-electron chi connectivity index (χ4n) is 3.65. The van der Waals surface area contributed by atoms with E-state index in [-0.39, 0.29) is 11.7 Å². The first-order valence-electron chi connectivity index (χ1n) is 11.1. The van der Waals surface area contributed by atoms with Gasteiger partial charge in [0.1, 0.15) is 11.5 Å². The maximum absolute atomic E-state index is 12.8. The summed E-state index contributed by atoms with van der Waals surface area (Å²) in [6, 6.07) is 19.7. The van der Waals surface area contributed by atoms with Crippen molar-refractivity contribution in [1.29, 1.82) is 0 Å². The van der Waals surface area contributed by atoms with Gasteiger partial charge in [-0.3, -0.25) is 9.36 Å². The molecule has 0 saturated heterocycles. The first-order chi connectivity index (χ1) is 16.5. The van der Waals surface area contributed by atoms with Crippen molar-refractivity contribution >= 4 is 17.7 Å². The predicted octanol–water partition coefficient (Wildman–Crippen LogP) is 5.41. The third-order valence-corrected chi connectivity index (χ3v) is 6.42. The van der Waals surface area contributed by atoms with Gasteiger partial charge in [-0.15, -0.1) is 10.2 Å². The van der Waals surface area contributed by atoms with Gasteiger partial charge in [0.05, 0.1) is 31.4 Å². The number of nitrogens with zero attached hydrogens (tertiary/aromatic N) is 4. The molecule has 8 heteroatoms. The molecule has 0 aliphatic carbocycles. The SMILES string of the molecule is COc1ccc(-c2nnc(SCC(=O)N(C)Cc3ccco3)n2-c2ccccc2C(C)C)cc1. The number of ether oxygens (including phenoxy) is 1. The Kier molecular flexibility index (Phi) is 7.37. The normalized spacial score (nSPS) is 11.1. The zero-order valence-electron chi connectivity index (χ0n) is 19.8. The minimum Gasteiger partial charge on any atom is -0.497 e. The van der Waals surface area contributed by atoms with E-state index in [1.165, 1.54) is 17.3 Å². The van der Waals surface area contributed by atoms with Crippen molar-refractivity contribution < 1.29 is 13.9 Å². The number of carbonyl (C=O) groups excluding carboxylic acids is 1. The summed E-state index contributed by atoms with van der Waals surface area (Å²) in [5.41, 5.74) is 3.10. The molecular formula is C26H28N4O3S. The van der Waals surface area contributed by atoms with Crippen LogP contribution < -0.4 is 4.74 Å². The number of methoxy groups -OCH3 is 1. The number of aromatic nitrogens is 3. The van der Waals surface area contributed by atoms with Crippen LogP contribution >= 0.6 is 11.8 Å². The number of furan rings is 1. The van der Waals surface area contributed by atoms with Crippen molar-refractivity contribution in [1.82, 2.24) is 19.7 Å². The van der Waals surface area contributed by atoms with Crippen LogP contribution in [0.5, 0.6) is 5.75 Å². The minimum atomic E-state index is -0.0147. The largest absolute Gasteiger partial charge is 0.497 e. The average Bonchev–Trinajstić information content (AvgIpc) is 3.52. The van der Waals surface area contributed by atoms with Crippen LogP contribution in [0.15, 0.2) is 76.5 Å². The second-order valence-corrected chi connectivity index (χ2v) is 9.14. The number of carbonyl (C=O) groups is 1. The molecule has 2 aromatic carbocycles. The number of thioether (sulfide) groups is 1. The Bertz CT molecular complexity index is 1230. The Labute approximate surface area is 203 Å². The lowest BCUT2D eigenvalue weighted by Crippen LogP contribution is -2.27. The summed E-state index contributed by atoms with van der Waals surface area (Å²) in [4.78, 5) is 14.5. The number of amides is 1. The average molecular weight is 477 g/mol. The van der Waals surface area contributed by atoms with Gasteiger partial charge in [-0.25, -0.2) is 0 Å². The first-order valence-corrected chi connectivity index (χ1v) is 12.0. The fraction of sp³-hybridized carbons (Fsp3) is 0.269. The van der Waals surface area contributed by atoms with Crippen LogP contribution in [0, 0.1) is 0 Å². The zero-order chi connectivity index (χ0) is 24.1. The molecule has 4 rings (SSSR count). The fourth-order valence-corrected chi connectivity index (χ4v) is 4.53. The molecule has 0 unspecified atom stereocenters. The van der Waals surface area contributed by atoms with E-state index in [1.807, 2.05) is 53.1 Å². The van der Waals surface area contributed by atoms with Crippen molar-refractivity contribution in [2.75, 3.05) is 19.9 Å². The predicted molar refractivity (Wildman–Crippen MR) is 133 cm³/mol. The van der Waals surface area contributed by atoms with Crippen LogP contribution in [0.2, 0.25) is 0 Å². The quantitative estimate of drug-likeness (QED) is 0.301. The lowest BCUT2D eigenvalue weighted by Gasteiger charge is -2.18. The van der Waals surface area contributed by atoms with Crippen molar-refractivity contribution in [2.45, 2.75) is 31.5 Å². The molecule has 4 aromatic rings. The molecule has 0 aliphatic rings. The van der Waals surface area contributed by atoms with E-state index in [0.717, 1.165) is 28.6 Å². The van der Waals surface area contributed by atoms with Gasteiger partial charge in [0.15, 0.2) is 11.0 Å². The van der Waals surface area contributed by atoms with Crippen molar-refractivity contribution in [3.8, 4) is 22.8 Å². The van der Waals surface area contributed by atoms with Gasteiger partial charge in [0.25, 0.3) is 0 Å². The maximum atomic E-state index is 12.8. The smallest absolute Gasteiger partial charge is 0.233 e. The molecule has 0 atom stereocenters. The van der Waals surface area contributed by atoms with E-state index in [9.17, 15) is 4.79 Å². The van der Waals surface area contributed by atoms with Gasteiger partial charge in [-0.1, -0.05) is 43.8 Å². The van der Waals surface area contributed by atoms with Crippen molar-refractivity contribution in [3.05, 3.63) is 78.3 Å². The summed E-state index contributed by atoms with van der Waals surface area (Å²) in [6.07, 6.45) is 1.61. The van der Waals surface area contributed by atoms with E-state index in [0.29, 0.717) is 17.6 Å². The summed E-state index contributed by atoms with van der Waals surface area (Å²) in [5.74, 6) is 2.77.